The van der Waals surface area contributed by atoms with Crippen LogP contribution in [0.25, 0.3) is 0 Å². The van der Waals surface area contributed by atoms with Crippen LogP contribution in [0.5, 0.6) is 5.75 Å². The summed E-state index contributed by atoms with van der Waals surface area (Å²) in [5, 5.41) is 3.50. The van der Waals surface area contributed by atoms with Gasteiger partial charge in [-0.15, -0.1) is 24.0 Å². The summed E-state index contributed by atoms with van der Waals surface area (Å²) in [4.78, 5) is 9.98. The summed E-state index contributed by atoms with van der Waals surface area (Å²) in [6, 6.07) is 10.2. The number of likely N-dealkylation sites (tertiary alicyclic amines) is 2. The molecule has 2 saturated heterocycles. The molecule has 0 amide bonds. The van der Waals surface area contributed by atoms with Crippen LogP contribution in [-0.4, -0.2) is 67.7 Å². The van der Waals surface area contributed by atoms with Crippen molar-refractivity contribution in [3.8, 4) is 5.75 Å². The molecule has 1 unspecified atom stereocenters. The van der Waals surface area contributed by atoms with Crippen molar-refractivity contribution in [3.63, 3.8) is 0 Å². The molecule has 2 aliphatic heterocycles. The number of halogens is 1. The Bertz CT molecular complexity index is 575. The predicted octanol–water partition coefficient (Wildman–Crippen LogP) is 3.85. The van der Waals surface area contributed by atoms with Crippen molar-refractivity contribution >= 4 is 29.9 Å². The molecule has 6 heteroatoms. The number of ether oxygens (including phenoxy) is 1. The van der Waals surface area contributed by atoms with Crippen LogP contribution in [0.15, 0.2) is 35.3 Å². The van der Waals surface area contributed by atoms with E-state index < -0.39 is 0 Å². The molecule has 0 saturated carbocycles. The van der Waals surface area contributed by atoms with Gasteiger partial charge in [-0.05, 0) is 50.9 Å². The van der Waals surface area contributed by atoms with Crippen LogP contribution in [0.1, 0.15) is 39.5 Å². The van der Waals surface area contributed by atoms with Crippen LogP contribution in [0.4, 0.5) is 0 Å². The third-order valence-corrected chi connectivity index (χ3v) is 5.53. The molecule has 1 N–H and O–H groups in total. The molecule has 1 aromatic carbocycles. The number of hydrogen-bond donors (Lipinski definition) is 1. The van der Waals surface area contributed by atoms with Gasteiger partial charge in [-0.3, -0.25) is 4.99 Å². The summed E-state index contributed by atoms with van der Waals surface area (Å²) < 4.78 is 6.13. The molecule has 1 aromatic rings. The smallest absolute Gasteiger partial charge is 0.193 e. The first-order valence-corrected chi connectivity index (χ1v) is 10.8. The molecule has 0 radical (unpaired) electrons. The van der Waals surface area contributed by atoms with Crippen LogP contribution in [0.2, 0.25) is 0 Å². The SMILES string of the molecule is CCCN1CCC(CN=C(NCC)N2CCC(Oc3ccccc3)CC2)C1.I. The van der Waals surface area contributed by atoms with E-state index in [1.54, 1.807) is 0 Å². The summed E-state index contributed by atoms with van der Waals surface area (Å²) in [6.45, 7) is 12.0. The maximum Gasteiger partial charge on any atom is 0.193 e. The zero-order valence-electron chi connectivity index (χ0n) is 17.5. The van der Waals surface area contributed by atoms with Crippen molar-refractivity contribution in [2.75, 3.05) is 45.8 Å². The van der Waals surface area contributed by atoms with Crippen LogP contribution in [0.3, 0.4) is 0 Å². The van der Waals surface area contributed by atoms with Crippen LogP contribution < -0.4 is 10.1 Å². The van der Waals surface area contributed by atoms with Crippen molar-refractivity contribution in [1.29, 1.82) is 0 Å². The average Bonchev–Trinajstić information content (AvgIpc) is 3.14. The van der Waals surface area contributed by atoms with Gasteiger partial charge in [0.25, 0.3) is 0 Å². The van der Waals surface area contributed by atoms with E-state index in [1.165, 1.54) is 32.5 Å². The summed E-state index contributed by atoms with van der Waals surface area (Å²) in [6.07, 6.45) is 4.94. The lowest BCUT2D eigenvalue weighted by molar-refractivity contribution is 0.129. The molecule has 0 aromatic heterocycles. The second-order valence-corrected chi connectivity index (χ2v) is 7.77. The standard InChI is InChI=1S/C22H36N4O.HI/c1-3-13-25-14-10-19(18-25)17-24-22(23-4-2)26-15-11-21(12-16-26)27-20-8-6-5-7-9-20;/h5-9,19,21H,3-4,10-18H2,1-2H3,(H,23,24);1H. The lowest BCUT2D eigenvalue weighted by Crippen LogP contribution is -2.47. The Hall–Kier alpha value is -1.02. The van der Waals surface area contributed by atoms with Crippen LogP contribution in [0, 0.1) is 5.92 Å². The van der Waals surface area contributed by atoms with E-state index in [4.69, 9.17) is 9.73 Å². The Balaban J connectivity index is 0.00000280. The number of nitrogens with one attached hydrogen (secondary N) is 1. The summed E-state index contributed by atoms with van der Waals surface area (Å²) in [5.41, 5.74) is 0. The van der Waals surface area contributed by atoms with Gasteiger partial charge in [0.05, 0.1) is 0 Å². The number of para-hydroxylation sites is 1. The van der Waals surface area contributed by atoms with E-state index in [1.807, 2.05) is 30.3 Å². The molecular formula is C22H37IN4O. The highest BCUT2D eigenvalue weighted by molar-refractivity contribution is 14.0. The largest absolute Gasteiger partial charge is 0.490 e. The first-order valence-electron chi connectivity index (χ1n) is 10.8. The highest BCUT2D eigenvalue weighted by Gasteiger charge is 2.24. The van der Waals surface area contributed by atoms with E-state index in [-0.39, 0.29) is 24.0 Å². The number of nitrogens with zero attached hydrogens (tertiary/aromatic N) is 3. The number of hydrogen-bond acceptors (Lipinski definition) is 3. The molecule has 1 atom stereocenters. The highest BCUT2D eigenvalue weighted by atomic mass is 127. The van der Waals surface area contributed by atoms with Crippen molar-refractivity contribution < 1.29 is 4.74 Å². The van der Waals surface area contributed by atoms with Crippen LogP contribution >= 0.6 is 24.0 Å². The molecule has 2 aliphatic rings. The predicted molar refractivity (Wildman–Crippen MR) is 128 cm³/mol. The van der Waals surface area contributed by atoms with Gasteiger partial charge in [-0.1, -0.05) is 25.1 Å². The van der Waals surface area contributed by atoms with E-state index in [0.717, 1.165) is 50.7 Å². The molecule has 28 heavy (non-hydrogen) atoms. The monoisotopic (exact) mass is 500 g/mol. The van der Waals surface area contributed by atoms with E-state index in [0.29, 0.717) is 12.0 Å². The van der Waals surface area contributed by atoms with Gasteiger partial charge in [0.1, 0.15) is 11.9 Å². The van der Waals surface area contributed by atoms with Crippen molar-refractivity contribution in [2.24, 2.45) is 10.9 Å². The lowest BCUT2D eigenvalue weighted by atomic mass is 10.1. The van der Waals surface area contributed by atoms with Crippen molar-refractivity contribution in [2.45, 2.75) is 45.6 Å². The third-order valence-electron chi connectivity index (χ3n) is 5.53. The van der Waals surface area contributed by atoms with Gasteiger partial charge < -0.3 is 19.9 Å². The molecule has 2 heterocycles. The van der Waals surface area contributed by atoms with E-state index in [2.05, 4.69) is 29.0 Å². The van der Waals surface area contributed by atoms with E-state index >= 15 is 0 Å². The summed E-state index contributed by atoms with van der Waals surface area (Å²) in [5.74, 6) is 2.78. The number of rotatable bonds is 7. The van der Waals surface area contributed by atoms with Gasteiger partial charge in [-0.2, -0.15) is 0 Å². The Morgan fingerprint density at radius 3 is 2.54 bits per heavy atom. The summed E-state index contributed by atoms with van der Waals surface area (Å²) in [7, 11) is 0. The average molecular weight is 500 g/mol. The minimum Gasteiger partial charge on any atom is -0.490 e. The Morgan fingerprint density at radius 2 is 1.86 bits per heavy atom. The first-order chi connectivity index (χ1) is 13.3. The maximum absolute atomic E-state index is 6.13. The van der Waals surface area contributed by atoms with Gasteiger partial charge >= 0.3 is 0 Å². The normalized spacial score (nSPS) is 21.4. The minimum absolute atomic E-state index is 0. The third kappa shape index (κ3) is 7.10. The Labute approximate surface area is 187 Å². The number of aliphatic imine (C=N–C) groups is 1. The van der Waals surface area contributed by atoms with Gasteiger partial charge in [-0.25, -0.2) is 0 Å². The molecule has 5 nitrogen and oxygen atoms in total. The van der Waals surface area contributed by atoms with Gasteiger partial charge in [0.15, 0.2) is 5.96 Å². The number of piperidine rings is 1. The molecule has 0 spiro atoms. The maximum atomic E-state index is 6.13. The van der Waals surface area contributed by atoms with Crippen molar-refractivity contribution in [3.05, 3.63) is 30.3 Å². The molecule has 158 valence electrons. The summed E-state index contributed by atoms with van der Waals surface area (Å²) >= 11 is 0. The quantitative estimate of drug-likeness (QED) is 0.351. The molecular weight excluding hydrogens is 463 g/mol. The Kier molecular flexibility index (Phi) is 10.4. The molecule has 2 fully saturated rings. The van der Waals surface area contributed by atoms with Crippen LogP contribution in [-0.2, 0) is 0 Å². The van der Waals surface area contributed by atoms with E-state index in [9.17, 15) is 0 Å². The van der Waals surface area contributed by atoms with Gasteiger partial charge in [0.2, 0.25) is 0 Å². The topological polar surface area (TPSA) is 40.1 Å². The fourth-order valence-corrected chi connectivity index (χ4v) is 4.10. The fraction of sp³-hybridized carbons (Fsp3) is 0.682. The van der Waals surface area contributed by atoms with Gasteiger partial charge in [0, 0.05) is 45.6 Å². The second kappa shape index (κ2) is 12.5. The second-order valence-electron chi connectivity index (χ2n) is 7.77. The zero-order valence-corrected chi connectivity index (χ0v) is 19.8. The molecule has 0 bridgehead atoms. The Morgan fingerprint density at radius 1 is 1.11 bits per heavy atom. The molecule has 0 aliphatic carbocycles. The highest BCUT2D eigenvalue weighted by Crippen LogP contribution is 2.20. The minimum atomic E-state index is 0. The number of benzene rings is 1. The lowest BCUT2D eigenvalue weighted by Gasteiger charge is -2.34. The zero-order chi connectivity index (χ0) is 18.9. The van der Waals surface area contributed by atoms with Crippen molar-refractivity contribution in [1.82, 2.24) is 15.1 Å². The number of guanidine groups is 1. The first kappa shape index (κ1) is 23.3. The fourth-order valence-electron chi connectivity index (χ4n) is 4.10. The molecule has 3 rings (SSSR count).